The van der Waals surface area contributed by atoms with E-state index in [9.17, 15) is 13.2 Å². The van der Waals surface area contributed by atoms with E-state index >= 15 is 0 Å². The third kappa shape index (κ3) is 5.02. The molecule has 0 heterocycles. The molecule has 0 fully saturated rings. The number of methoxy groups -OCH3 is 1. The number of nitrogens with one attached hydrogen (secondary N) is 1. The number of esters is 1. The van der Waals surface area contributed by atoms with Crippen LogP contribution in [0.4, 0.5) is 5.69 Å². The first-order valence-electron chi connectivity index (χ1n) is 6.13. The van der Waals surface area contributed by atoms with Gasteiger partial charge >= 0.3 is 5.97 Å². The summed E-state index contributed by atoms with van der Waals surface area (Å²) in [6.45, 7) is 3.91. The smallest absolute Gasteiger partial charge is 0.339 e. The molecule has 0 saturated carbocycles. The minimum Gasteiger partial charge on any atom is -0.465 e. The van der Waals surface area contributed by atoms with Crippen molar-refractivity contribution in [3.05, 3.63) is 28.8 Å². The van der Waals surface area contributed by atoms with Gasteiger partial charge in [-0.05, 0) is 30.5 Å². The minimum atomic E-state index is -3.41. The standard InChI is InChI=1S/C13H18ClNO4S/c1-9(2)6-7-20(17,18)15-10-4-5-11(12(14)8-10)13(16)19-3/h4-5,8-9,15H,6-7H2,1-3H3. The Balaban J connectivity index is 2.84. The van der Waals surface area contributed by atoms with Crippen LogP contribution < -0.4 is 4.72 Å². The second kappa shape index (κ2) is 6.95. The van der Waals surface area contributed by atoms with E-state index in [1.54, 1.807) is 0 Å². The Morgan fingerprint density at radius 1 is 1.40 bits per heavy atom. The highest BCUT2D eigenvalue weighted by atomic mass is 35.5. The quantitative estimate of drug-likeness (QED) is 0.818. The lowest BCUT2D eigenvalue weighted by Gasteiger charge is -2.10. The molecule has 0 saturated heterocycles. The zero-order valence-electron chi connectivity index (χ0n) is 11.6. The molecule has 0 bridgehead atoms. The van der Waals surface area contributed by atoms with Crippen LogP contribution >= 0.6 is 11.6 Å². The molecular formula is C13H18ClNO4S. The maximum atomic E-state index is 11.8. The van der Waals surface area contributed by atoms with E-state index in [1.807, 2.05) is 13.8 Å². The highest BCUT2D eigenvalue weighted by Gasteiger charge is 2.14. The molecule has 0 unspecified atom stereocenters. The summed E-state index contributed by atoms with van der Waals surface area (Å²) in [7, 11) is -2.16. The Bertz CT molecular complexity index is 584. The van der Waals surface area contributed by atoms with Crippen molar-refractivity contribution in [1.29, 1.82) is 0 Å². The molecule has 0 atom stereocenters. The van der Waals surface area contributed by atoms with Crippen LogP contribution in [-0.2, 0) is 14.8 Å². The van der Waals surface area contributed by atoms with E-state index in [2.05, 4.69) is 9.46 Å². The van der Waals surface area contributed by atoms with Crippen LogP contribution in [-0.4, -0.2) is 27.2 Å². The molecule has 1 rings (SSSR count). The number of carbonyl (C=O) groups excluding carboxylic acids is 1. The van der Waals surface area contributed by atoms with Gasteiger partial charge in [0.2, 0.25) is 10.0 Å². The number of anilines is 1. The summed E-state index contributed by atoms with van der Waals surface area (Å²) < 4.78 is 30.7. The summed E-state index contributed by atoms with van der Waals surface area (Å²) in [6, 6.07) is 4.29. The molecule has 5 nitrogen and oxygen atoms in total. The molecule has 1 N–H and O–H groups in total. The average molecular weight is 320 g/mol. The number of hydrogen-bond acceptors (Lipinski definition) is 4. The van der Waals surface area contributed by atoms with Gasteiger partial charge in [-0.1, -0.05) is 25.4 Å². The Hall–Kier alpha value is -1.27. The van der Waals surface area contributed by atoms with Crippen LogP contribution in [0.3, 0.4) is 0 Å². The molecule has 0 aliphatic carbocycles. The zero-order valence-corrected chi connectivity index (χ0v) is 13.2. The maximum Gasteiger partial charge on any atom is 0.339 e. The van der Waals surface area contributed by atoms with Gasteiger partial charge in [-0.3, -0.25) is 4.72 Å². The molecule has 1 aromatic carbocycles. The van der Waals surface area contributed by atoms with Crippen molar-refractivity contribution in [2.75, 3.05) is 17.6 Å². The summed E-state index contributed by atoms with van der Waals surface area (Å²) in [5.41, 5.74) is 0.519. The molecule has 0 aromatic heterocycles. The SMILES string of the molecule is COC(=O)c1ccc(NS(=O)(=O)CCC(C)C)cc1Cl. The van der Waals surface area contributed by atoms with E-state index < -0.39 is 16.0 Å². The van der Waals surface area contributed by atoms with E-state index in [0.29, 0.717) is 18.0 Å². The lowest BCUT2D eigenvalue weighted by atomic mass is 10.2. The molecule has 20 heavy (non-hydrogen) atoms. The van der Waals surface area contributed by atoms with Crippen molar-refractivity contribution in [3.8, 4) is 0 Å². The molecule has 0 aliphatic rings. The fourth-order valence-corrected chi connectivity index (χ4v) is 3.10. The first-order valence-corrected chi connectivity index (χ1v) is 8.16. The fraction of sp³-hybridized carbons (Fsp3) is 0.462. The lowest BCUT2D eigenvalue weighted by molar-refractivity contribution is 0.0601. The van der Waals surface area contributed by atoms with E-state index in [1.165, 1.54) is 25.3 Å². The summed E-state index contributed by atoms with van der Waals surface area (Å²) in [5, 5.41) is 0.140. The van der Waals surface area contributed by atoms with Gasteiger partial charge in [-0.2, -0.15) is 0 Å². The van der Waals surface area contributed by atoms with E-state index in [4.69, 9.17) is 11.6 Å². The van der Waals surface area contributed by atoms with Gasteiger partial charge in [0.15, 0.2) is 0 Å². The highest BCUT2D eigenvalue weighted by Crippen LogP contribution is 2.22. The summed E-state index contributed by atoms with van der Waals surface area (Å²) in [6.07, 6.45) is 0.573. The predicted octanol–water partition coefficient (Wildman–Crippen LogP) is 2.91. The number of hydrogen-bond donors (Lipinski definition) is 1. The van der Waals surface area contributed by atoms with E-state index in [0.717, 1.165) is 0 Å². The van der Waals surface area contributed by atoms with Crippen LogP contribution in [0.1, 0.15) is 30.6 Å². The molecule has 0 aliphatic heterocycles. The van der Waals surface area contributed by atoms with Crippen molar-refractivity contribution in [1.82, 2.24) is 0 Å². The zero-order chi connectivity index (χ0) is 15.3. The fourth-order valence-electron chi connectivity index (χ4n) is 1.48. The van der Waals surface area contributed by atoms with Crippen molar-refractivity contribution in [2.45, 2.75) is 20.3 Å². The second-order valence-electron chi connectivity index (χ2n) is 4.79. The third-order valence-electron chi connectivity index (χ3n) is 2.61. The Kier molecular flexibility index (Phi) is 5.83. The molecule has 1 aromatic rings. The summed E-state index contributed by atoms with van der Waals surface area (Å²) in [4.78, 5) is 11.4. The number of halogens is 1. The number of benzene rings is 1. The number of rotatable bonds is 6. The van der Waals surface area contributed by atoms with E-state index in [-0.39, 0.29) is 16.3 Å². The summed E-state index contributed by atoms with van der Waals surface area (Å²) >= 11 is 5.92. The van der Waals surface area contributed by atoms with Crippen molar-refractivity contribution in [2.24, 2.45) is 5.92 Å². The van der Waals surface area contributed by atoms with Crippen LogP contribution in [0.15, 0.2) is 18.2 Å². The average Bonchev–Trinajstić information content (AvgIpc) is 2.35. The summed E-state index contributed by atoms with van der Waals surface area (Å²) in [5.74, 6) is -0.220. The number of ether oxygens (including phenoxy) is 1. The first-order chi connectivity index (χ1) is 9.25. The van der Waals surface area contributed by atoms with Crippen molar-refractivity contribution >= 4 is 33.3 Å². The lowest BCUT2D eigenvalue weighted by Crippen LogP contribution is -2.18. The minimum absolute atomic E-state index is 0.0427. The molecule has 112 valence electrons. The van der Waals surface area contributed by atoms with Gasteiger partial charge in [0.1, 0.15) is 0 Å². The predicted molar refractivity (Wildman–Crippen MR) is 79.7 cm³/mol. The monoisotopic (exact) mass is 319 g/mol. The van der Waals surface area contributed by atoms with Gasteiger partial charge in [-0.15, -0.1) is 0 Å². The Morgan fingerprint density at radius 3 is 2.55 bits per heavy atom. The van der Waals surface area contributed by atoms with Gasteiger partial charge in [-0.25, -0.2) is 13.2 Å². The highest BCUT2D eigenvalue weighted by molar-refractivity contribution is 7.92. The van der Waals surface area contributed by atoms with Crippen LogP contribution in [0, 0.1) is 5.92 Å². The third-order valence-corrected chi connectivity index (χ3v) is 4.24. The molecule has 0 radical (unpaired) electrons. The molecule has 7 heteroatoms. The van der Waals surface area contributed by atoms with Gasteiger partial charge in [0.05, 0.1) is 23.4 Å². The maximum absolute atomic E-state index is 11.8. The van der Waals surface area contributed by atoms with Gasteiger partial charge in [0, 0.05) is 5.69 Å². The van der Waals surface area contributed by atoms with Crippen LogP contribution in [0.5, 0.6) is 0 Å². The van der Waals surface area contributed by atoms with Gasteiger partial charge in [0.25, 0.3) is 0 Å². The number of sulfonamides is 1. The van der Waals surface area contributed by atoms with Gasteiger partial charge < -0.3 is 4.74 Å². The second-order valence-corrected chi connectivity index (χ2v) is 7.04. The molecule has 0 spiro atoms. The first kappa shape index (κ1) is 16.8. The molecular weight excluding hydrogens is 302 g/mol. The van der Waals surface area contributed by atoms with Crippen molar-refractivity contribution in [3.63, 3.8) is 0 Å². The topological polar surface area (TPSA) is 72.5 Å². The van der Waals surface area contributed by atoms with Crippen LogP contribution in [0.25, 0.3) is 0 Å². The Morgan fingerprint density at radius 2 is 2.05 bits per heavy atom. The normalized spacial score (nSPS) is 11.4. The van der Waals surface area contributed by atoms with Crippen molar-refractivity contribution < 1.29 is 17.9 Å². The van der Waals surface area contributed by atoms with Crippen LogP contribution in [0.2, 0.25) is 5.02 Å². The largest absolute Gasteiger partial charge is 0.465 e. The molecule has 0 amide bonds. The Labute approximate surface area is 124 Å². The number of carbonyl (C=O) groups is 1.